The van der Waals surface area contributed by atoms with Crippen molar-refractivity contribution in [1.29, 1.82) is 0 Å². The Balaban J connectivity index is 2.22. The number of rotatable bonds is 4. The summed E-state index contributed by atoms with van der Waals surface area (Å²) in [4.78, 5) is 4.38. The number of halogens is 1. The molecule has 0 spiro atoms. The molecule has 0 aliphatic heterocycles. The van der Waals surface area contributed by atoms with Crippen molar-refractivity contribution in [3.05, 3.63) is 64.7 Å². The largest absolute Gasteiger partial charge is 0.313 e. The quantitative estimate of drug-likeness (QED) is 0.909. The van der Waals surface area contributed by atoms with Gasteiger partial charge < -0.3 is 5.32 Å². The van der Waals surface area contributed by atoms with Crippen molar-refractivity contribution in [2.75, 3.05) is 7.05 Å². The first-order valence-corrected chi connectivity index (χ1v) is 6.45. The van der Waals surface area contributed by atoms with Gasteiger partial charge in [0.05, 0.1) is 0 Å². The van der Waals surface area contributed by atoms with Crippen LogP contribution in [0.3, 0.4) is 0 Å². The van der Waals surface area contributed by atoms with Crippen molar-refractivity contribution >= 4 is 0 Å². The molecule has 1 aromatic heterocycles. The fraction of sp³-hybridized carbons (Fsp3) is 0.312. The number of benzene rings is 1. The minimum Gasteiger partial charge on any atom is -0.313 e. The number of hydrogen-bond donors (Lipinski definition) is 1. The summed E-state index contributed by atoms with van der Waals surface area (Å²) in [5.41, 5.74) is 3.72. The lowest BCUT2D eigenvalue weighted by Crippen LogP contribution is -2.20. The first-order valence-electron chi connectivity index (χ1n) is 6.45. The standard InChI is InChI=1S/C16H19FN2/c1-11-5-7-14(15(17)8-11)16(18-3)9-13-6-4-12(2)10-19-13/h4-8,10,16,18H,9H2,1-3H3. The van der Waals surface area contributed by atoms with Crippen molar-refractivity contribution in [1.82, 2.24) is 10.3 Å². The maximum absolute atomic E-state index is 14.0. The molecule has 1 aromatic carbocycles. The Morgan fingerprint density at radius 3 is 2.47 bits per heavy atom. The molecule has 0 aliphatic carbocycles. The van der Waals surface area contributed by atoms with Crippen molar-refractivity contribution in [3.8, 4) is 0 Å². The fourth-order valence-corrected chi connectivity index (χ4v) is 2.11. The maximum atomic E-state index is 14.0. The van der Waals surface area contributed by atoms with Crippen LogP contribution in [0, 0.1) is 19.7 Å². The van der Waals surface area contributed by atoms with Gasteiger partial charge in [-0.3, -0.25) is 4.98 Å². The summed E-state index contributed by atoms with van der Waals surface area (Å²) in [5, 5.41) is 3.16. The predicted octanol–water partition coefficient (Wildman–Crippen LogP) is 3.34. The molecule has 1 heterocycles. The zero-order valence-electron chi connectivity index (χ0n) is 11.6. The van der Waals surface area contributed by atoms with Gasteiger partial charge in [0.2, 0.25) is 0 Å². The molecule has 2 nitrogen and oxygen atoms in total. The van der Waals surface area contributed by atoms with Crippen LogP contribution in [0.25, 0.3) is 0 Å². The summed E-state index contributed by atoms with van der Waals surface area (Å²) < 4.78 is 14.0. The second kappa shape index (κ2) is 5.93. The van der Waals surface area contributed by atoms with E-state index in [1.165, 1.54) is 0 Å². The first kappa shape index (κ1) is 13.7. The third-order valence-electron chi connectivity index (χ3n) is 3.27. The van der Waals surface area contributed by atoms with Crippen LogP contribution in [0.5, 0.6) is 0 Å². The second-order valence-electron chi connectivity index (χ2n) is 4.90. The molecule has 3 heteroatoms. The lowest BCUT2D eigenvalue weighted by atomic mass is 10.00. The molecule has 1 N–H and O–H groups in total. The van der Waals surface area contributed by atoms with E-state index in [0.717, 1.165) is 16.8 Å². The number of aryl methyl sites for hydroxylation is 2. The molecule has 19 heavy (non-hydrogen) atoms. The Kier molecular flexibility index (Phi) is 4.27. The highest BCUT2D eigenvalue weighted by atomic mass is 19.1. The summed E-state index contributed by atoms with van der Waals surface area (Å²) in [7, 11) is 1.85. The van der Waals surface area contributed by atoms with E-state index in [9.17, 15) is 4.39 Å². The minimum absolute atomic E-state index is 0.0594. The minimum atomic E-state index is -0.161. The van der Waals surface area contributed by atoms with Crippen LogP contribution in [0.4, 0.5) is 4.39 Å². The lowest BCUT2D eigenvalue weighted by Gasteiger charge is -2.17. The number of pyridine rings is 1. The van der Waals surface area contributed by atoms with E-state index in [2.05, 4.69) is 10.3 Å². The Bertz CT molecular complexity index is 549. The monoisotopic (exact) mass is 258 g/mol. The third kappa shape index (κ3) is 3.38. The molecule has 100 valence electrons. The third-order valence-corrected chi connectivity index (χ3v) is 3.27. The highest BCUT2D eigenvalue weighted by molar-refractivity contribution is 5.27. The molecule has 1 atom stereocenters. The van der Waals surface area contributed by atoms with Crippen LogP contribution in [-0.4, -0.2) is 12.0 Å². The normalized spacial score (nSPS) is 12.4. The van der Waals surface area contributed by atoms with Crippen molar-refractivity contribution < 1.29 is 4.39 Å². The number of hydrogen-bond acceptors (Lipinski definition) is 2. The molecule has 0 fully saturated rings. The molecule has 0 aliphatic rings. The van der Waals surface area contributed by atoms with Crippen LogP contribution in [0.2, 0.25) is 0 Å². The summed E-state index contributed by atoms with van der Waals surface area (Å²) >= 11 is 0. The van der Waals surface area contributed by atoms with Gasteiger partial charge in [0.25, 0.3) is 0 Å². The highest BCUT2D eigenvalue weighted by Gasteiger charge is 2.15. The van der Waals surface area contributed by atoms with E-state index >= 15 is 0 Å². The van der Waals surface area contributed by atoms with E-state index in [0.29, 0.717) is 12.0 Å². The van der Waals surface area contributed by atoms with E-state index in [4.69, 9.17) is 0 Å². The Morgan fingerprint density at radius 1 is 1.16 bits per heavy atom. The second-order valence-corrected chi connectivity index (χ2v) is 4.90. The van der Waals surface area contributed by atoms with Gasteiger partial charge in [-0.25, -0.2) is 4.39 Å². The highest BCUT2D eigenvalue weighted by Crippen LogP contribution is 2.21. The van der Waals surface area contributed by atoms with Gasteiger partial charge in [-0.2, -0.15) is 0 Å². The SMILES string of the molecule is CNC(Cc1ccc(C)cn1)c1ccc(C)cc1F. The summed E-state index contributed by atoms with van der Waals surface area (Å²) in [6.45, 7) is 3.90. The predicted molar refractivity (Wildman–Crippen MR) is 75.6 cm³/mol. The average molecular weight is 258 g/mol. The van der Waals surface area contributed by atoms with Crippen LogP contribution >= 0.6 is 0 Å². The fourth-order valence-electron chi connectivity index (χ4n) is 2.11. The Labute approximate surface area is 113 Å². The van der Waals surface area contributed by atoms with E-state index in [1.807, 2.05) is 51.4 Å². The zero-order chi connectivity index (χ0) is 13.8. The van der Waals surface area contributed by atoms with Crippen LogP contribution in [0.1, 0.15) is 28.4 Å². The van der Waals surface area contributed by atoms with Crippen molar-refractivity contribution in [2.45, 2.75) is 26.3 Å². The van der Waals surface area contributed by atoms with E-state index < -0.39 is 0 Å². The van der Waals surface area contributed by atoms with Gasteiger partial charge in [0.15, 0.2) is 0 Å². The van der Waals surface area contributed by atoms with E-state index in [-0.39, 0.29) is 11.9 Å². The summed E-state index contributed by atoms with van der Waals surface area (Å²) in [6, 6.07) is 9.32. The molecule has 0 saturated heterocycles. The number of likely N-dealkylation sites (N-methyl/N-ethyl adjacent to an activating group) is 1. The molecule has 2 rings (SSSR count). The molecular weight excluding hydrogens is 239 g/mol. The number of nitrogens with zero attached hydrogens (tertiary/aromatic N) is 1. The summed E-state index contributed by atoms with van der Waals surface area (Å²) in [6.07, 6.45) is 2.52. The first-order chi connectivity index (χ1) is 9.10. The number of aromatic nitrogens is 1. The summed E-state index contributed by atoms with van der Waals surface area (Å²) in [5.74, 6) is -0.161. The molecule has 1 unspecified atom stereocenters. The molecule has 0 radical (unpaired) electrons. The van der Waals surface area contributed by atoms with Gasteiger partial charge in [0.1, 0.15) is 5.82 Å². The van der Waals surface area contributed by atoms with Crippen molar-refractivity contribution in [3.63, 3.8) is 0 Å². The molecule has 0 amide bonds. The van der Waals surface area contributed by atoms with Gasteiger partial charge in [-0.05, 0) is 44.2 Å². The zero-order valence-corrected chi connectivity index (χ0v) is 11.6. The van der Waals surface area contributed by atoms with Gasteiger partial charge in [-0.15, -0.1) is 0 Å². The molecular formula is C16H19FN2. The van der Waals surface area contributed by atoms with Gasteiger partial charge >= 0.3 is 0 Å². The van der Waals surface area contributed by atoms with Gasteiger partial charge in [-0.1, -0.05) is 18.2 Å². The molecule has 0 saturated carbocycles. The Hall–Kier alpha value is -1.74. The van der Waals surface area contributed by atoms with Crippen LogP contribution in [0.15, 0.2) is 36.5 Å². The van der Waals surface area contributed by atoms with Crippen molar-refractivity contribution in [2.24, 2.45) is 0 Å². The topological polar surface area (TPSA) is 24.9 Å². The average Bonchev–Trinajstić information content (AvgIpc) is 2.39. The lowest BCUT2D eigenvalue weighted by molar-refractivity contribution is 0.529. The number of nitrogens with one attached hydrogen (secondary N) is 1. The molecule has 0 bridgehead atoms. The Morgan fingerprint density at radius 2 is 1.89 bits per heavy atom. The van der Waals surface area contributed by atoms with Crippen LogP contribution < -0.4 is 5.32 Å². The molecule has 2 aromatic rings. The maximum Gasteiger partial charge on any atom is 0.128 e. The van der Waals surface area contributed by atoms with E-state index in [1.54, 1.807) is 6.07 Å². The van der Waals surface area contributed by atoms with Crippen LogP contribution in [-0.2, 0) is 6.42 Å². The van der Waals surface area contributed by atoms with Gasteiger partial charge in [0, 0.05) is 29.9 Å². The smallest absolute Gasteiger partial charge is 0.128 e.